The van der Waals surface area contributed by atoms with Gasteiger partial charge in [0.2, 0.25) is 5.91 Å². The van der Waals surface area contributed by atoms with Crippen molar-refractivity contribution >= 4 is 5.91 Å². The number of hydrogen-bond donors (Lipinski definition) is 0. The molecule has 2 heterocycles. The second-order valence-electron chi connectivity index (χ2n) is 8.17. The number of hydrogen-bond acceptors (Lipinski definition) is 4. The van der Waals surface area contributed by atoms with E-state index in [0.29, 0.717) is 25.6 Å². The van der Waals surface area contributed by atoms with E-state index in [1.807, 2.05) is 35.2 Å². The Labute approximate surface area is 178 Å². The predicted octanol–water partition coefficient (Wildman–Crippen LogP) is 4.27. The lowest BCUT2D eigenvalue weighted by molar-refractivity contribution is -0.132. The van der Waals surface area contributed by atoms with Gasteiger partial charge in [-0.2, -0.15) is 0 Å². The molecule has 0 aliphatic carbocycles. The van der Waals surface area contributed by atoms with Crippen molar-refractivity contribution in [2.24, 2.45) is 5.92 Å². The van der Waals surface area contributed by atoms with Crippen LogP contribution < -0.4 is 14.2 Å². The first-order valence-electron chi connectivity index (χ1n) is 11.0. The summed E-state index contributed by atoms with van der Waals surface area (Å²) in [5, 5.41) is 0. The Morgan fingerprint density at radius 1 is 1.07 bits per heavy atom. The number of nitrogens with zero attached hydrogens (tertiary/aromatic N) is 1. The first-order chi connectivity index (χ1) is 14.7. The Morgan fingerprint density at radius 2 is 1.83 bits per heavy atom. The Kier molecular flexibility index (Phi) is 6.77. The van der Waals surface area contributed by atoms with Crippen LogP contribution >= 0.6 is 0 Å². The molecule has 5 heteroatoms. The van der Waals surface area contributed by atoms with Crippen molar-refractivity contribution in [3.63, 3.8) is 0 Å². The van der Waals surface area contributed by atoms with Crippen LogP contribution in [0.2, 0.25) is 0 Å². The van der Waals surface area contributed by atoms with Crippen molar-refractivity contribution in [1.29, 1.82) is 0 Å². The number of methoxy groups -OCH3 is 1. The molecule has 0 bridgehead atoms. The van der Waals surface area contributed by atoms with Gasteiger partial charge >= 0.3 is 0 Å². The summed E-state index contributed by atoms with van der Waals surface area (Å²) < 4.78 is 16.9. The number of para-hydroxylation sites is 1. The minimum absolute atomic E-state index is 0.248. The highest BCUT2D eigenvalue weighted by molar-refractivity contribution is 5.76. The van der Waals surface area contributed by atoms with E-state index in [4.69, 9.17) is 14.2 Å². The molecule has 4 rings (SSSR count). The van der Waals surface area contributed by atoms with Gasteiger partial charge < -0.3 is 19.1 Å². The van der Waals surface area contributed by atoms with Crippen LogP contribution in [-0.2, 0) is 17.6 Å². The molecule has 0 aromatic heterocycles. The number of piperidine rings is 1. The minimum atomic E-state index is 0.248. The molecule has 0 radical (unpaired) electrons. The number of carbonyl (C=O) groups is 1. The van der Waals surface area contributed by atoms with Crippen LogP contribution in [-0.4, -0.2) is 44.2 Å². The lowest BCUT2D eigenvalue weighted by atomic mass is 9.89. The molecule has 30 heavy (non-hydrogen) atoms. The number of rotatable bonds is 6. The molecule has 1 saturated heterocycles. The smallest absolute Gasteiger partial charge is 0.222 e. The second kappa shape index (κ2) is 9.88. The summed E-state index contributed by atoms with van der Waals surface area (Å²) in [6.45, 7) is 3.07. The average Bonchev–Trinajstić information content (AvgIpc) is 3.03. The molecule has 2 aliphatic heterocycles. The van der Waals surface area contributed by atoms with E-state index < -0.39 is 0 Å². The van der Waals surface area contributed by atoms with E-state index in [0.717, 1.165) is 68.0 Å². The lowest BCUT2D eigenvalue weighted by Crippen LogP contribution is -2.39. The summed E-state index contributed by atoms with van der Waals surface area (Å²) in [7, 11) is 1.73. The van der Waals surface area contributed by atoms with Crippen LogP contribution in [0.15, 0.2) is 42.5 Å². The van der Waals surface area contributed by atoms with E-state index in [1.165, 1.54) is 5.56 Å². The molecule has 0 atom stereocenters. The third-order valence-electron chi connectivity index (χ3n) is 6.11. The summed E-state index contributed by atoms with van der Waals surface area (Å²) in [6, 6.07) is 14.3. The fraction of sp³-hybridized carbons (Fsp3) is 0.480. The molecular formula is C25H31NO4. The molecule has 5 nitrogen and oxygen atoms in total. The Hall–Kier alpha value is -2.69. The highest BCUT2D eigenvalue weighted by atomic mass is 16.5. The first kappa shape index (κ1) is 20.6. The standard InChI is InChI=1S/C25H31NO4/c1-28-22-6-3-2-5-21(22)17-20-11-13-26(14-12-20)25(27)10-8-19-7-9-23-24(18-19)30-16-4-15-29-23/h2-3,5-7,9,18,20H,4,8,10-17H2,1H3. The largest absolute Gasteiger partial charge is 0.496 e. The summed E-state index contributed by atoms with van der Waals surface area (Å²) in [6.07, 6.45) is 5.29. The molecule has 2 aliphatic rings. The SMILES string of the molecule is COc1ccccc1CC1CCN(C(=O)CCc2ccc3c(c2)OCCCO3)CC1. The van der Waals surface area contributed by atoms with Crippen LogP contribution in [0.5, 0.6) is 17.2 Å². The van der Waals surface area contributed by atoms with Gasteiger partial charge in [-0.05, 0) is 60.9 Å². The van der Waals surface area contributed by atoms with Gasteiger partial charge in [-0.1, -0.05) is 24.3 Å². The van der Waals surface area contributed by atoms with E-state index in [-0.39, 0.29) is 5.91 Å². The normalized spacial score (nSPS) is 16.8. The average molecular weight is 410 g/mol. The van der Waals surface area contributed by atoms with E-state index >= 15 is 0 Å². The van der Waals surface area contributed by atoms with Crippen LogP contribution in [0.4, 0.5) is 0 Å². The van der Waals surface area contributed by atoms with E-state index in [9.17, 15) is 4.79 Å². The van der Waals surface area contributed by atoms with Crippen LogP contribution in [0.25, 0.3) is 0 Å². The summed E-state index contributed by atoms with van der Waals surface area (Å²) in [5.41, 5.74) is 2.39. The molecule has 0 N–H and O–H groups in total. The zero-order valence-corrected chi connectivity index (χ0v) is 17.8. The van der Waals surface area contributed by atoms with Gasteiger partial charge in [0, 0.05) is 25.9 Å². The fourth-order valence-corrected chi connectivity index (χ4v) is 4.34. The molecule has 0 unspecified atom stereocenters. The van der Waals surface area contributed by atoms with Gasteiger partial charge in [0.1, 0.15) is 5.75 Å². The van der Waals surface area contributed by atoms with Crippen LogP contribution in [0, 0.1) is 5.92 Å². The maximum absolute atomic E-state index is 12.7. The van der Waals surface area contributed by atoms with Gasteiger partial charge in [-0.15, -0.1) is 0 Å². The predicted molar refractivity (Wildman–Crippen MR) is 116 cm³/mol. The number of carbonyl (C=O) groups excluding carboxylic acids is 1. The molecule has 2 aromatic carbocycles. The molecule has 2 aromatic rings. The van der Waals surface area contributed by atoms with Crippen molar-refractivity contribution in [3.05, 3.63) is 53.6 Å². The highest BCUT2D eigenvalue weighted by Crippen LogP contribution is 2.31. The zero-order valence-electron chi connectivity index (χ0n) is 17.8. The Balaban J connectivity index is 1.25. The van der Waals surface area contributed by atoms with E-state index in [1.54, 1.807) is 7.11 Å². The number of fused-ring (bicyclic) bond motifs is 1. The molecular weight excluding hydrogens is 378 g/mol. The lowest BCUT2D eigenvalue weighted by Gasteiger charge is -2.32. The molecule has 160 valence electrons. The third-order valence-corrected chi connectivity index (χ3v) is 6.11. The van der Waals surface area contributed by atoms with Crippen molar-refractivity contribution < 1.29 is 19.0 Å². The number of amides is 1. The molecule has 0 spiro atoms. The second-order valence-corrected chi connectivity index (χ2v) is 8.17. The van der Waals surface area contributed by atoms with Crippen molar-refractivity contribution in [1.82, 2.24) is 4.90 Å². The molecule has 0 saturated carbocycles. The number of benzene rings is 2. The first-order valence-corrected chi connectivity index (χ1v) is 11.0. The summed E-state index contributed by atoms with van der Waals surface area (Å²) in [4.78, 5) is 14.8. The quantitative estimate of drug-likeness (QED) is 0.715. The van der Waals surface area contributed by atoms with Gasteiger partial charge in [0.25, 0.3) is 0 Å². The Bertz CT molecular complexity index is 858. The van der Waals surface area contributed by atoms with Gasteiger partial charge in [0.15, 0.2) is 11.5 Å². The van der Waals surface area contributed by atoms with Gasteiger partial charge in [-0.25, -0.2) is 0 Å². The molecule has 1 amide bonds. The van der Waals surface area contributed by atoms with E-state index in [2.05, 4.69) is 12.1 Å². The maximum Gasteiger partial charge on any atom is 0.222 e. The van der Waals surface area contributed by atoms with Crippen molar-refractivity contribution in [2.45, 2.75) is 38.5 Å². The zero-order chi connectivity index (χ0) is 20.8. The minimum Gasteiger partial charge on any atom is -0.496 e. The monoisotopic (exact) mass is 409 g/mol. The van der Waals surface area contributed by atoms with Crippen molar-refractivity contribution in [2.75, 3.05) is 33.4 Å². The summed E-state index contributed by atoms with van der Waals surface area (Å²) >= 11 is 0. The van der Waals surface area contributed by atoms with Crippen molar-refractivity contribution in [3.8, 4) is 17.2 Å². The topological polar surface area (TPSA) is 48.0 Å². The number of ether oxygens (including phenoxy) is 3. The molecule has 1 fully saturated rings. The third kappa shape index (κ3) is 5.07. The summed E-state index contributed by atoms with van der Waals surface area (Å²) in [5.74, 6) is 3.42. The number of aryl methyl sites for hydroxylation is 1. The Morgan fingerprint density at radius 3 is 2.63 bits per heavy atom. The highest BCUT2D eigenvalue weighted by Gasteiger charge is 2.23. The van der Waals surface area contributed by atoms with Gasteiger partial charge in [0.05, 0.1) is 20.3 Å². The van der Waals surface area contributed by atoms with Crippen LogP contribution in [0.1, 0.15) is 36.8 Å². The van der Waals surface area contributed by atoms with Crippen LogP contribution in [0.3, 0.4) is 0 Å². The van der Waals surface area contributed by atoms with Gasteiger partial charge in [-0.3, -0.25) is 4.79 Å². The number of likely N-dealkylation sites (tertiary alicyclic amines) is 1. The fourth-order valence-electron chi connectivity index (χ4n) is 4.34. The maximum atomic E-state index is 12.7.